The molecule has 2 aromatic rings. The second-order valence-electron chi connectivity index (χ2n) is 6.87. The normalized spacial score (nSPS) is 18.2. The molecule has 138 valence electrons. The number of aromatic nitrogens is 2. The number of carbonyl (C=O) groups excluding carboxylic acids is 2. The Morgan fingerprint density at radius 1 is 1.35 bits per heavy atom. The Kier molecular flexibility index (Phi) is 5.66. The van der Waals surface area contributed by atoms with Crippen LogP contribution in [0.15, 0.2) is 24.3 Å². The van der Waals surface area contributed by atoms with E-state index < -0.39 is 0 Å². The first-order chi connectivity index (χ1) is 12.5. The summed E-state index contributed by atoms with van der Waals surface area (Å²) in [5, 5.41) is 12.5. The monoisotopic (exact) mass is 372 g/mol. The van der Waals surface area contributed by atoms with Crippen LogP contribution < -0.4 is 10.2 Å². The largest absolute Gasteiger partial charge is 0.312 e. The highest BCUT2D eigenvalue weighted by atomic mass is 32.1. The number of nitrogens with zero attached hydrogens (tertiary/aromatic N) is 3. The predicted octanol–water partition coefficient (Wildman–Crippen LogP) is 3.74. The Balaban J connectivity index is 1.62. The van der Waals surface area contributed by atoms with E-state index in [2.05, 4.69) is 29.4 Å². The SMILES string of the molecule is CCC[C@@H](C)c1nnc(NC(=O)[C@H]2CC(=O)N(c3ccc(C)cc3)C2)s1. The van der Waals surface area contributed by atoms with Crippen molar-refractivity contribution in [2.24, 2.45) is 5.92 Å². The maximum absolute atomic E-state index is 12.5. The Bertz CT molecular complexity index is 787. The molecule has 3 rings (SSSR count). The first-order valence-corrected chi connectivity index (χ1v) is 9.81. The van der Waals surface area contributed by atoms with Gasteiger partial charge in [0.1, 0.15) is 5.01 Å². The van der Waals surface area contributed by atoms with Gasteiger partial charge in [-0.1, -0.05) is 49.3 Å². The highest BCUT2D eigenvalue weighted by Gasteiger charge is 2.35. The van der Waals surface area contributed by atoms with Crippen molar-refractivity contribution in [2.45, 2.75) is 46.0 Å². The fourth-order valence-corrected chi connectivity index (χ4v) is 3.94. The number of anilines is 2. The summed E-state index contributed by atoms with van der Waals surface area (Å²) in [5.74, 6) is -0.222. The van der Waals surface area contributed by atoms with Crippen molar-refractivity contribution in [3.8, 4) is 0 Å². The average molecular weight is 372 g/mol. The van der Waals surface area contributed by atoms with E-state index in [4.69, 9.17) is 0 Å². The summed E-state index contributed by atoms with van der Waals surface area (Å²) in [5.41, 5.74) is 1.97. The van der Waals surface area contributed by atoms with Crippen LogP contribution in [0.3, 0.4) is 0 Å². The van der Waals surface area contributed by atoms with Gasteiger partial charge in [-0.25, -0.2) is 0 Å². The lowest BCUT2D eigenvalue weighted by Crippen LogP contribution is -2.28. The molecule has 26 heavy (non-hydrogen) atoms. The van der Waals surface area contributed by atoms with Gasteiger partial charge in [0, 0.05) is 24.6 Å². The number of hydrogen-bond acceptors (Lipinski definition) is 5. The maximum Gasteiger partial charge on any atom is 0.231 e. The minimum absolute atomic E-state index is 0.0245. The molecule has 2 heterocycles. The first-order valence-electron chi connectivity index (χ1n) is 8.99. The van der Waals surface area contributed by atoms with Crippen LogP contribution in [0.25, 0.3) is 0 Å². The molecule has 0 spiro atoms. The lowest BCUT2D eigenvalue weighted by atomic mass is 10.1. The number of aryl methyl sites for hydroxylation is 1. The third-order valence-electron chi connectivity index (χ3n) is 4.66. The van der Waals surface area contributed by atoms with Crippen LogP contribution in [0.4, 0.5) is 10.8 Å². The molecule has 0 saturated carbocycles. The molecule has 0 radical (unpaired) electrons. The first kappa shape index (κ1) is 18.5. The van der Waals surface area contributed by atoms with Crippen molar-refractivity contribution in [1.29, 1.82) is 0 Å². The van der Waals surface area contributed by atoms with E-state index in [-0.39, 0.29) is 24.2 Å². The second-order valence-corrected chi connectivity index (χ2v) is 7.87. The van der Waals surface area contributed by atoms with Gasteiger partial charge in [0.05, 0.1) is 5.92 Å². The highest BCUT2D eigenvalue weighted by molar-refractivity contribution is 7.15. The van der Waals surface area contributed by atoms with Gasteiger partial charge in [-0.2, -0.15) is 0 Å². The summed E-state index contributed by atoms with van der Waals surface area (Å²) in [7, 11) is 0. The number of nitrogens with one attached hydrogen (secondary N) is 1. The van der Waals surface area contributed by atoms with Crippen molar-refractivity contribution in [2.75, 3.05) is 16.8 Å². The van der Waals surface area contributed by atoms with Gasteiger partial charge >= 0.3 is 0 Å². The van der Waals surface area contributed by atoms with Crippen LogP contribution in [0.5, 0.6) is 0 Å². The number of hydrogen-bond donors (Lipinski definition) is 1. The molecule has 2 atom stereocenters. The molecule has 1 saturated heterocycles. The molecule has 6 nitrogen and oxygen atoms in total. The van der Waals surface area contributed by atoms with Crippen LogP contribution in [-0.2, 0) is 9.59 Å². The van der Waals surface area contributed by atoms with Gasteiger partial charge in [-0.15, -0.1) is 10.2 Å². The number of rotatable bonds is 6. The van der Waals surface area contributed by atoms with Gasteiger partial charge < -0.3 is 10.2 Å². The molecule has 2 amide bonds. The van der Waals surface area contributed by atoms with Gasteiger partial charge in [-0.3, -0.25) is 9.59 Å². The van der Waals surface area contributed by atoms with Crippen LogP contribution in [-0.4, -0.2) is 28.6 Å². The molecule has 1 N–H and O–H groups in total. The second kappa shape index (κ2) is 7.95. The van der Waals surface area contributed by atoms with Crippen LogP contribution in [0.2, 0.25) is 0 Å². The summed E-state index contributed by atoms with van der Waals surface area (Å²) in [6.45, 7) is 6.65. The van der Waals surface area contributed by atoms with Crippen molar-refractivity contribution >= 4 is 34.0 Å². The molecular formula is C19H24N4O2S. The minimum atomic E-state index is -0.371. The number of benzene rings is 1. The lowest BCUT2D eigenvalue weighted by Gasteiger charge is -2.16. The van der Waals surface area contributed by atoms with Crippen LogP contribution in [0, 0.1) is 12.8 Å². The topological polar surface area (TPSA) is 75.2 Å². The van der Waals surface area contributed by atoms with Gasteiger partial charge in [0.25, 0.3) is 0 Å². The maximum atomic E-state index is 12.5. The summed E-state index contributed by atoms with van der Waals surface area (Å²) >= 11 is 1.41. The lowest BCUT2D eigenvalue weighted by molar-refractivity contribution is -0.122. The Morgan fingerprint density at radius 2 is 2.08 bits per heavy atom. The summed E-state index contributed by atoms with van der Waals surface area (Å²) in [4.78, 5) is 26.5. The van der Waals surface area contributed by atoms with Gasteiger partial charge in [0.15, 0.2) is 0 Å². The quantitative estimate of drug-likeness (QED) is 0.838. The number of amides is 2. The smallest absolute Gasteiger partial charge is 0.231 e. The third-order valence-corrected chi connectivity index (χ3v) is 5.73. The van der Waals surface area contributed by atoms with E-state index in [1.165, 1.54) is 11.3 Å². The van der Waals surface area contributed by atoms with E-state index in [1.54, 1.807) is 4.90 Å². The van der Waals surface area contributed by atoms with Crippen LogP contribution >= 0.6 is 11.3 Å². The molecule has 1 aliphatic heterocycles. The van der Waals surface area contributed by atoms with E-state index in [0.717, 1.165) is 29.1 Å². The third kappa shape index (κ3) is 4.09. The molecular weight excluding hydrogens is 348 g/mol. The van der Waals surface area contributed by atoms with E-state index in [9.17, 15) is 9.59 Å². The van der Waals surface area contributed by atoms with Crippen molar-refractivity contribution < 1.29 is 9.59 Å². The Morgan fingerprint density at radius 3 is 2.77 bits per heavy atom. The molecule has 7 heteroatoms. The highest BCUT2D eigenvalue weighted by Crippen LogP contribution is 2.29. The zero-order valence-corrected chi connectivity index (χ0v) is 16.2. The summed E-state index contributed by atoms with van der Waals surface area (Å²) in [6.07, 6.45) is 2.35. The molecule has 1 aliphatic rings. The van der Waals surface area contributed by atoms with E-state index >= 15 is 0 Å². The fraction of sp³-hybridized carbons (Fsp3) is 0.474. The zero-order chi connectivity index (χ0) is 18.7. The van der Waals surface area contributed by atoms with Gasteiger partial charge in [-0.05, 0) is 25.5 Å². The average Bonchev–Trinajstić information content (AvgIpc) is 3.23. The predicted molar refractivity (Wildman–Crippen MR) is 104 cm³/mol. The molecule has 1 fully saturated rings. The fourth-order valence-electron chi connectivity index (χ4n) is 3.11. The molecule has 0 bridgehead atoms. The van der Waals surface area contributed by atoms with E-state index in [1.807, 2.05) is 31.2 Å². The standard InChI is InChI=1S/C19H24N4O2S/c1-4-5-13(3)18-21-22-19(26-18)20-17(25)14-10-16(24)23(11-14)15-8-6-12(2)7-9-15/h6-9,13-14H,4-5,10-11H2,1-3H3,(H,20,22,25)/t13-,14+/m1/s1. The van der Waals surface area contributed by atoms with Gasteiger partial charge in [0.2, 0.25) is 16.9 Å². The molecule has 1 aromatic heterocycles. The van der Waals surface area contributed by atoms with Crippen LogP contribution in [0.1, 0.15) is 49.6 Å². The molecule has 1 aromatic carbocycles. The number of carbonyl (C=O) groups is 2. The molecule has 0 aliphatic carbocycles. The van der Waals surface area contributed by atoms with Crippen molar-refractivity contribution in [3.63, 3.8) is 0 Å². The van der Waals surface area contributed by atoms with Crippen molar-refractivity contribution in [3.05, 3.63) is 34.8 Å². The Hall–Kier alpha value is -2.28. The van der Waals surface area contributed by atoms with Crippen molar-refractivity contribution in [1.82, 2.24) is 10.2 Å². The Labute approximate surface area is 157 Å². The molecule has 0 unspecified atom stereocenters. The summed E-state index contributed by atoms with van der Waals surface area (Å²) in [6, 6.07) is 7.77. The zero-order valence-electron chi connectivity index (χ0n) is 15.4. The minimum Gasteiger partial charge on any atom is -0.312 e. The van der Waals surface area contributed by atoms with E-state index in [0.29, 0.717) is 17.6 Å². The summed E-state index contributed by atoms with van der Waals surface area (Å²) < 4.78 is 0.